The van der Waals surface area contributed by atoms with Crippen LogP contribution in [0, 0.1) is 11.3 Å². The highest BCUT2D eigenvalue weighted by atomic mass is 19.4. The van der Waals surface area contributed by atoms with Gasteiger partial charge in [-0.1, -0.05) is 48.5 Å². The average Bonchev–Trinajstić information content (AvgIpc) is 3.59. The average molecular weight is 520 g/mol. The van der Waals surface area contributed by atoms with E-state index in [0.717, 1.165) is 0 Å². The summed E-state index contributed by atoms with van der Waals surface area (Å²) in [4.78, 5) is 24.0. The molecule has 0 heterocycles. The maximum atomic E-state index is 14.4. The van der Waals surface area contributed by atoms with Crippen LogP contribution in [0.2, 0.25) is 0 Å². The third kappa shape index (κ3) is 7.29. The quantitative estimate of drug-likeness (QED) is 0.364. The van der Waals surface area contributed by atoms with E-state index in [1.54, 1.807) is 31.2 Å². The van der Waals surface area contributed by atoms with E-state index in [2.05, 4.69) is 10.6 Å². The maximum Gasteiger partial charge on any atom is 0.407 e. The molecule has 0 saturated heterocycles. The Hall–Kier alpha value is -3.45. The van der Waals surface area contributed by atoms with Gasteiger partial charge < -0.3 is 10.4 Å². The molecule has 1 aliphatic carbocycles. The lowest BCUT2D eigenvalue weighted by Gasteiger charge is -2.30. The van der Waals surface area contributed by atoms with Crippen molar-refractivity contribution in [2.24, 2.45) is 0 Å². The van der Waals surface area contributed by atoms with E-state index >= 15 is 0 Å². The van der Waals surface area contributed by atoms with E-state index in [4.69, 9.17) is 5.11 Å². The SMILES string of the molecule is C[C@H](C(=O)O)c1ccc(-c2ccc([C@H](N[C@@H](CC(C)(C)F)C(=O)NC3(C#N)CC3)C(F)(F)F)cc2)cc1. The zero-order valence-corrected chi connectivity index (χ0v) is 20.7. The van der Waals surface area contributed by atoms with Gasteiger partial charge in [0.05, 0.1) is 18.0 Å². The second-order valence-corrected chi connectivity index (χ2v) is 10.1. The molecule has 10 heteroatoms. The van der Waals surface area contributed by atoms with Gasteiger partial charge >= 0.3 is 12.1 Å². The fourth-order valence-electron chi connectivity index (χ4n) is 3.98. The van der Waals surface area contributed by atoms with Gasteiger partial charge in [0.1, 0.15) is 17.2 Å². The number of nitrogens with zero attached hydrogens (tertiary/aromatic N) is 1. The summed E-state index contributed by atoms with van der Waals surface area (Å²) in [6, 6.07) is 10.4. The maximum absolute atomic E-state index is 14.4. The number of carbonyl (C=O) groups excluding carboxylic acids is 1. The molecular weight excluding hydrogens is 490 g/mol. The molecule has 0 spiro atoms. The van der Waals surface area contributed by atoms with Gasteiger partial charge in [0, 0.05) is 6.42 Å². The number of alkyl halides is 4. The van der Waals surface area contributed by atoms with E-state index in [0.29, 0.717) is 29.5 Å². The number of nitriles is 1. The van der Waals surface area contributed by atoms with Crippen LogP contribution in [0.4, 0.5) is 17.6 Å². The highest BCUT2D eigenvalue weighted by Crippen LogP contribution is 2.37. The van der Waals surface area contributed by atoms with Gasteiger partial charge in [-0.05, 0) is 55.9 Å². The Balaban J connectivity index is 1.84. The number of rotatable bonds is 10. The van der Waals surface area contributed by atoms with E-state index in [9.17, 15) is 32.4 Å². The lowest BCUT2D eigenvalue weighted by atomic mass is 9.95. The molecule has 3 N–H and O–H groups in total. The van der Waals surface area contributed by atoms with Crippen LogP contribution in [0.5, 0.6) is 0 Å². The number of nitrogens with one attached hydrogen (secondary N) is 2. The van der Waals surface area contributed by atoms with Crippen molar-refractivity contribution in [3.63, 3.8) is 0 Å². The van der Waals surface area contributed by atoms with Crippen LogP contribution < -0.4 is 10.6 Å². The first-order valence-electron chi connectivity index (χ1n) is 11.8. The Kier molecular flexibility index (Phi) is 7.98. The van der Waals surface area contributed by atoms with Crippen molar-refractivity contribution >= 4 is 11.9 Å². The van der Waals surface area contributed by atoms with Gasteiger partial charge in [-0.2, -0.15) is 18.4 Å². The number of amides is 1. The summed E-state index contributed by atoms with van der Waals surface area (Å²) in [5.74, 6) is -2.52. The summed E-state index contributed by atoms with van der Waals surface area (Å²) in [6.45, 7) is 3.90. The zero-order valence-electron chi connectivity index (χ0n) is 20.7. The Morgan fingerprint density at radius 3 is 1.86 bits per heavy atom. The van der Waals surface area contributed by atoms with E-state index < -0.39 is 53.7 Å². The first-order valence-corrected chi connectivity index (χ1v) is 11.8. The van der Waals surface area contributed by atoms with Crippen LogP contribution >= 0.6 is 0 Å². The minimum atomic E-state index is -4.79. The van der Waals surface area contributed by atoms with Crippen molar-refractivity contribution < 1.29 is 32.3 Å². The third-order valence-electron chi connectivity index (χ3n) is 6.39. The topological polar surface area (TPSA) is 102 Å². The van der Waals surface area contributed by atoms with Crippen molar-refractivity contribution in [1.82, 2.24) is 10.6 Å². The summed E-state index contributed by atoms with van der Waals surface area (Å²) in [7, 11) is 0. The second-order valence-electron chi connectivity index (χ2n) is 10.1. The van der Waals surface area contributed by atoms with E-state index in [1.807, 2.05) is 6.07 Å². The minimum Gasteiger partial charge on any atom is -0.481 e. The smallest absolute Gasteiger partial charge is 0.407 e. The van der Waals surface area contributed by atoms with Crippen molar-refractivity contribution in [3.8, 4) is 17.2 Å². The largest absolute Gasteiger partial charge is 0.481 e. The molecule has 1 aliphatic rings. The molecule has 6 nitrogen and oxygen atoms in total. The standard InChI is InChI=1S/C27H29F4N3O3/c1-16(24(36)37)17-4-6-18(7-5-17)19-8-10-20(11-9-19)22(27(29,30)31)33-21(14-25(2,3)28)23(35)34-26(15-32)12-13-26/h4-11,16,21-22,33H,12-14H2,1-3H3,(H,34,35)(H,36,37)/t16-,21-,22-/m0/s1. The minimum absolute atomic E-state index is 0.164. The van der Waals surface area contributed by atoms with Crippen LogP contribution in [0.3, 0.4) is 0 Å². The molecule has 3 rings (SSSR count). The zero-order chi connectivity index (χ0) is 27.6. The molecular formula is C27H29F4N3O3. The predicted molar refractivity (Wildman–Crippen MR) is 129 cm³/mol. The second kappa shape index (κ2) is 10.5. The molecule has 198 valence electrons. The Labute approximate surface area is 212 Å². The van der Waals surface area contributed by atoms with Gasteiger partial charge in [-0.3, -0.25) is 14.9 Å². The van der Waals surface area contributed by atoms with E-state index in [1.165, 1.54) is 38.1 Å². The number of benzene rings is 2. The molecule has 3 atom stereocenters. The van der Waals surface area contributed by atoms with Crippen LogP contribution in [-0.4, -0.2) is 40.4 Å². The molecule has 0 unspecified atom stereocenters. The predicted octanol–water partition coefficient (Wildman–Crippen LogP) is 5.41. The Morgan fingerprint density at radius 2 is 1.49 bits per heavy atom. The van der Waals surface area contributed by atoms with Crippen molar-refractivity contribution in [2.75, 3.05) is 0 Å². The normalized spacial score (nSPS) is 17.2. The highest BCUT2D eigenvalue weighted by Gasteiger charge is 2.48. The van der Waals surface area contributed by atoms with Crippen molar-refractivity contribution in [2.45, 2.75) is 75.4 Å². The lowest BCUT2D eigenvalue weighted by molar-refractivity contribution is -0.161. The highest BCUT2D eigenvalue weighted by molar-refractivity contribution is 5.83. The number of carboxylic acid groups (broad SMARTS) is 1. The summed E-state index contributed by atoms with van der Waals surface area (Å²) in [6.07, 6.45) is -4.53. The molecule has 1 saturated carbocycles. The van der Waals surface area contributed by atoms with Crippen LogP contribution in [0.25, 0.3) is 11.1 Å². The molecule has 0 bridgehead atoms. The summed E-state index contributed by atoms with van der Waals surface area (Å²) < 4.78 is 56.7. The molecule has 0 aliphatic heterocycles. The number of aliphatic carboxylic acids is 1. The molecule has 0 radical (unpaired) electrons. The Morgan fingerprint density at radius 1 is 1.00 bits per heavy atom. The monoisotopic (exact) mass is 519 g/mol. The number of hydrogen-bond donors (Lipinski definition) is 3. The number of carboxylic acids is 1. The fourth-order valence-corrected chi connectivity index (χ4v) is 3.98. The molecule has 2 aromatic carbocycles. The molecule has 37 heavy (non-hydrogen) atoms. The molecule has 0 aromatic heterocycles. The lowest BCUT2D eigenvalue weighted by Crippen LogP contribution is -2.53. The molecule has 2 aromatic rings. The van der Waals surface area contributed by atoms with Crippen LogP contribution in [0.1, 0.15) is 63.1 Å². The summed E-state index contributed by atoms with van der Waals surface area (Å²) >= 11 is 0. The van der Waals surface area contributed by atoms with Gasteiger partial charge in [0.15, 0.2) is 0 Å². The number of halogens is 4. The summed E-state index contributed by atoms with van der Waals surface area (Å²) in [5.41, 5.74) is -1.31. The fraction of sp³-hybridized carbons (Fsp3) is 0.444. The Bertz CT molecular complexity index is 1160. The van der Waals surface area contributed by atoms with Gasteiger partial charge in [-0.15, -0.1) is 0 Å². The van der Waals surface area contributed by atoms with Crippen LogP contribution in [0.15, 0.2) is 48.5 Å². The van der Waals surface area contributed by atoms with Crippen LogP contribution in [-0.2, 0) is 9.59 Å². The van der Waals surface area contributed by atoms with Gasteiger partial charge in [0.2, 0.25) is 5.91 Å². The van der Waals surface area contributed by atoms with Crippen molar-refractivity contribution in [1.29, 1.82) is 5.26 Å². The van der Waals surface area contributed by atoms with Crippen molar-refractivity contribution in [3.05, 3.63) is 59.7 Å². The third-order valence-corrected chi connectivity index (χ3v) is 6.39. The van der Waals surface area contributed by atoms with Gasteiger partial charge in [-0.25, -0.2) is 4.39 Å². The first kappa shape index (κ1) is 28.1. The number of carbonyl (C=O) groups is 2. The van der Waals surface area contributed by atoms with E-state index in [-0.39, 0.29) is 5.56 Å². The summed E-state index contributed by atoms with van der Waals surface area (Å²) in [5, 5.41) is 23.1. The molecule has 1 fully saturated rings. The first-order chi connectivity index (χ1) is 17.1. The van der Waals surface area contributed by atoms with Gasteiger partial charge in [0.25, 0.3) is 0 Å². The molecule has 1 amide bonds. The number of hydrogen-bond acceptors (Lipinski definition) is 4.